The maximum absolute atomic E-state index is 10.9. The predicted octanol–water partition coefficient (Wildman–Crippen LogP) is 2.73. The molecule has 0 fully saturated rings. The van der Waals surface area contributed by atoms with Gasteiger partial charge in [-0.2, -0.15) is 0 Å². The molecule has 0 aromatic heterocycles. The first-order valence-electron chi connectivity index (χ1n) is 4.39. The molecule has 0 aromatic rings. The van der Waals surface area contributed by atoms with E-state index in [0.29, 0.717) is 12.4 Å². The molecule has 3 heteroatoms. The lowest BCUT2D eigenvalue weighted by atomic mass is 10.3. The van der Waals surface area contributed by atoms with Crippen LogP contribution in [0.2, 0.25) is 0 Å². The van der Waals surface area contributed by atoms with Crippen LogP contribution in [-0.4, -0.2) is 12.8 Å². The second-order valence-electron chi connectivity index (χ2n) is 2.48. The molecule has 0 heterocycles. The molecule has 0 unspecified atom stereocenters. The maximum Gasteiger partial charge on any atom is 0.513 e. The van der Waals surface area contributed by atoms with Gasteiger partial charge >= 0.3 is 6.16 Å². The molecule has 0 radical (unpaired) electrons. The summed E-state index contributed by atoms with van der Waals surface area (Å²) in [6, 6.07) is 0. The fourth-order valence-corrected chi connectivity index (χ4v) is 0.860. The Bertz CT molecular complexity index is 308. The van der Waals surface area contributed by atoms with Crippen molar-refractivity contribution < 1.29 is 14.3 Å². The number of carbonyl (C=O) groups is 1. The highest BCUT2D eigenvalue weighted by atomic mass is 16.7. The Hall–Kier alpha value is -1.77. The molecule has 1 rings (SSSR count). The average molecular weight is 192 g/mol. The fourth-order valence-electron chi connectivity index (χ4n) is 0.860. The van der Waals surface area contributed by atoms with E-state index < -0.39 is 6.16 Å². The number of rotatable bonds is 2. The van der Waals surface area contributed by atoms with Crippen molar-refractivity contribution in [3.63, 3.8) is 0 Å². The lowest BCUT2D eigenvalue weighted by Gasteiger charge is -2.03. The van der Waals surface area contributed by atoms with Crippen molar-refractivity contribution in [1.82, 2.24) is 0 Å². The first kappa shape index (κ1) is 10.3. The highest BCUT2D eigenvalue weighted by Crippen LogP contribution is 2.04. The Balaban J connectivity index is 2.55. The summed E-state index contributed by atoms with van der Waals surface area (Å²) in [5.41, 5.74) is 0. The minimum atomic E-state index is -0.679. The molecule has 0 saturated heterocycles. The maximum atomic E-state index is 10.9. The lowest BCUT2D eigenvalue weighted by molar-refractivity contribution is 0.0841. The zero-order valence-electron chi connectivity index (χ0n) is 7.97. The van der Waals surface area contributed by atoms with Gasteiger partial charge in [-0.15, -0.1) is 0 Å². The Morgan fingerprint density at radius 2 is 1.93 bits per heavy atom. The van der Waals surface area contributed by atoms with Gasteiger partial charge in [-0.1, -0.05) is 30.4 Å². The predicted molar refractivity (Wildman–Crippen MR) is 53.6 cm³/mol. The third-order valence-electron chi connectivity index (χ3n) is 1.43. The summed E-state index contributed by atoms with van der Waals surface area (Å²) in [5, 5.41) is 0. The zero-order valence-corrected chi connectivity index (χ0v) is 7.97. The van der Waals surface area contributed by atoms with Crippen molar-refractivity contribution in [2.75, 3.05) is 6.61 Å². The minimum Gasteiger partial charge on any atom is -0.434 e. The number of carbonyl (C=O) groups excluding carboxylic acids is 1. The largest absolute Gasteiger partial charge is 0.513 e. The van der Waals surface area contributed by atoms with Gasteiger partial charge in [-0.25, -0.2) is 4.79 Å². The standard InChI is InChI=1S/C11H12O3/c1-2-13-11(12)14-10-8-6-4-3-5-7-9-10/h3-9H,2H2,1H3. The van der Waals surface area contributed by atoms with Crippen LogP contribution in [0.15, 0.2) is 48.3 Å². The van der Waals surface area contributed by atoms with E-state index in [2.05, 4.69) is 4.74 Å². The fraction of sp³-hybridized carbons (Fsp3) is 0.182. The third kappa shape index (κ3) is 3.76. The van der Waals surface area contributed by atoms with Crippen LogP contribution in [0.1, 0.15) is 6.92 Å². The summed E-state index contributed by atoms with van der Waals surface area (Å²) in [7, 11) is 0. The van der Waals surface area contributed by atoms with Crippen LogP contribution in [0.3, 0.4) is 0 Å². The Morgan fingerprint density at radius 1 is 1.21 bits per heavy atom. The van der Waals surface area contributed by atoms with Crippen molar-refractivity contribution in [3.05, 3.63) is 48.3 Å². The molecular weight excluding hydrogens is 180 g/mol. The van der Waals surface area contributed by atoms with Gasteiger partial charge in [0, 0.05) is 0 Å². The number of ether oxygens (including phenoxy) is 2. The number of hydrogen-bond donors (Lipinski definition) is 0. The topological polar surface area (TPSA) is 35.5 Å². The molecule has 0 bridgehead atoms. The number of hydrogen-bond acceptors (Lipinski definition) is 3. The summed E-state index contributed by atoms with van der Waals surface area (Å²) >= 11 is 0. The third-order valence-corrected chi connectivity index (χ3v) is 1.43. The molecule has 3 nitrogen and oxygen atoms in total. The molecule has 14 heavy (non-hydrogen) atoms. The molecular formula is C11H12O3. The molecule has 0 N–H and O–H groups in total. The summed E-state index contributed by atoms with van der Waals surface area (Å²) in [6.45, 7) is 2.04. The van der Waals surface area contributed by atoms with E-state index in [1.807, 2.05) is 18.2 Å². The van der Waals surface area contributed by atoms with Crippen LogP contribution in [0, 0.1) is 0 Å². The van der Waals surface area contributed by atoms with Crippen LogP contribution in [0.5, 0.6) is 0 Å². The molecule has 74 valence electrons. The smallest absolute Gasteiger partial charge is 0.434 e. The average Bonchev–Trinajstić information content (AvgIpc) is 2.10. The van der Waals surface area contributed by atoms with E-state index in [4.69, 9.17) is 4.74 Å². The molecule has 0 spiro atoms. The van der Waals surface area contributed by atoms with Gasteiger partial charge in [0.05, 0.1) is 6.61 Å². The van der Waals surface area contributed by atoms with Gasteiger partial charge in [0.15, 0.2) is 0 Å². The second kappa shape index (κ2) is 5.80. The SMILES string of the molecule is CCOC(=O)OC1=CC=CC=CC=C1. The quantitative estimate of drug-likeness (QED) is 0.631. The van der Waals surface area contributed by atoms with Crippen LogP contribution in [-0.2, 0) is 9.47 Å². The van der Waals surface area contributed by atoms with Crippen molar-refractivity contribution >= 4 is 6.16 Å². The second-order valence-corrected chi connectivity index (χ2v) is 2.48. The molecule has 0 amide bonds. The Kier molecular flexibility index (Phi) is 4.27. The van der Waals surface area contributed by atoms with Gasteiger partial charge in [-0.05, 0) is 19.1 Å². The molecule has 1 aliphatic carbocycles. The van der Waals surface area contributed by atoms with Crippen molar-refractivity contribution in [2.45, 2.75) is 6.92 Å². The first-order chi connectivity index (χ1) is 6.83. The molecule has 1 aliphatic rings. The molecule has 0 aromatic carbocycles. The summed E-state index contributed by atoms with van der Waals surface area (Å²) in [5.74, 6) is 0.462. The monoisotopic (exact) mass is 192 g/mol. The zero-order chi connectivity index (χ0) is 10.2. The van der Waals surface area contributed by atoms with Gasteiger partial charge in [-0.3, -0.25) is 0 Å². The summed E-state index contributed by atoms with van der Waals surface area (Å²) in [4.78, 5) is 10.9. The van der Waals surface area contributed by atoms with E-state index in [0.717, 1.165) is 0 Å². The van der Waals surface area contributed by atoms with Crippen molar-refractivity contribution in [1.29, 1.82) is 0 Å². The Morgan fingerprint density at radius 3 is 2.71 bits per heavy atom. The van der Waals surface area contributed by atoms with E-state index in [1.54, 1.807) is 31.2 Å². The normalized spacial score (nSPS) is 14.2. The van der Waals surface area contributed by atoms with Crippen LogP contribution >= 0.6 is 0 Å². The van der Waals surface area contributed by atoms with Gasteiger partial charge in [0.1, 0.15) is 5.76 Å². The highest BCUT2D eigenvalue weighted by Gasteiger charge is 2.03. The molecule has 0 atom stereocenters. The van der Waals surface area contributed by atoms with E-state index in [-0.39, 0.29) is 0 Å². The van der Waals surface area contributed by atoms with E-state index >= 15 is 0 Å². The van der Waals surface area contributed by atoms with Gasteiger partial charge in [0.25, 0.3) is 0 Å². The van der Waals surface area contributed by atoms with Crippen LogP contribution in [0.25, 0.3) is 0 Å². The summed E-state index contributed by atoms with van der Waals surface area (Å²) < 4.78 is 9.53. The molecule has 0 aliphatic heterocycles. The summed E-state index contributed by atoms with van der Waals surface area (Å²) in [6.07, 6.45) is 11.8. The van der Waals surface area contributed by atoms with Crippen molar-refractivity contribution in [2.24, 2.45) is 0 Å². The van der Waals surface area contributed by atoms with Gasteiger partial charge in [0.2, 0.25) is 0 Å². The number of allylic oxidation sites excluding steroid dienone is 7. The minimum absolute atomic E-state index is 0.311. The van der Waals surface area contributed by atoms with Gasteiger partial charge < -0.3 is 9.47 Å². The first-order valence-corrected chi connectivity index (χ1v) is 4.39. The molecule has 0 saturated carbocycles. The van der Waals surface area contributed by atoms with E-state index in [1.165, 1.54) is 0 Å². The van der Waals surface area contributed by atoms with Crippen molar-refractivity contribution in [3.8, 4) is 0 Å². The van der Waals surface area contributed by atoms with E-state index in [9.17, 15) is 4.79 Å². The van der Waals surface area contributed by atoms with Crippen LogP contribution < -0.4 is 0 Å². The Labute approximate surface area is 83.0 Å². The lowest BCUT2D eigenvalue weighted by Crippen LogP contribution is -2.05. The highest BCUT2D eigenvalue weighted by molar-refractivity contribution is 5.62. The van der Waals surface area contributed by atoms with Crippen LogP contribution in [0.4, 0.5) is 4.79 Å².